The highest BCUT2D eigenvalue weighted by Gasteiger charge is 2.32. The summed E-state index contributed by atoms with van der Waals surface area (Å²) >= 11 is 0. The van der Waals surface area contributed by atoms with E-state index in [9.17, 15) is 18.0 Å². The van der Waals surface area contributed by atoms with Gasteiger partial charge in [-0.05, 0) is 74.6 Å². The molecule has 0 aromatic heterocycles. The number of hydrogen-bond donors (Lipinski definition) is 0. The first kappa shape index (κ1) is 31.3. The van der Waals surface area contributed by atoms with Crippen molar-refractivity contribution in [3.8, 4) is 5.75 Å². The average Bonchev–Trinajstić information content (AvgIpc) is 2.98. The van der Waals surface area contributed by atoms with Gasteiger partial charge in [0.15, 0.2) is 0 Å². The monoisotopic (exact) mass is 593 g/mol. The Morgan fingerprint density at radius 2 is 1.55 bits per heavy atom. The highest BCUT2D eigenvalue weighted by atomic mass is 32.2. The molecule has 224 valence electrons. The van der Waals surface area contributed by atoms with Gasteiger partial charge in [0.1, 0.15) is 18.0 Å². The molecule has 1 aliphatic heterocycles. The van der Waals surface area contributed by atoms with E-state index in [1.54, 1.807) is 24.3 Å². The summed E-state index contributed by atoms with van der Waals surface area (Å²) < 4.78 is 44.2. The zero-order valence-electron chi connectivity index (χ0n) is 24.6. The SMILES string of the molecule is COC(=O)C1CCN(S(=O)(=O)c2ccc(COc3cccc([C@@H](CC(=O)OC(C)(C)C)c4ccccc4)c3)cc2)CC1. The Balaban J connectivity index is 1.42. The number of methoxy groups -OCH3 is 1. The van der Waals surface area contributed by atoms with E-state index in [0.717, 1.165) is 16.7 Å². The van der Waals surface area contributed by atoms with E-state index in [4.69, 9.17) is 14.2 Å². The molecule has 1 aliphatic rings. The first-order valence-corrected chi connectivity index (χ1v) is 15.6. The summed E-state index contributed by atoms with van der Waals surface area (Å²) in [5.41, 5.74) is 2.19. The lowest BCUT2D eigenvalue weighted by Crippen LogP contribution is -2.40. The van der Waals surface area contributed by atoms with Gasteiger partial charge in [-0.25, -0.2) is 8.42 Å². The third-order valence-corrected chi connectivity index (χ3v) is 9.12. The predicted molar refractivity (Wildman–Crippen MR) is 159 cm³/mol. The number of carbonyl (C=O) groups excluding carboxylic acids is 2. The standard InChI is InChI=1S/C33H39NO7S/c1-33(2,3)41-31(35)22-30(25-9-6-5-7-10-25)27-11-8-12-28(21-27)40-23-24-13-15-29(16-14-24)42(37,38)34-19-17-26(18-20-34)32(36)39-4/h5-16,21,26,30H,17-20,22-23H2,1-4H3/t30-/m0/s1. The molecule has 9 heteroatoms. The van der Waals surface area contributed by atoms with E-state index in [-0.39, 0.29) is 54.8 Å². The molecule has 0 saturated carbocycles. The van der Waals surface area contributed by atoms with Crippen LogP contribution >= 0.6 is 0 Å². The molecule has 0 bridgehead atoms. The molecule has 0 spiro atoms. The van der Waals surface area contributed by atoms with Crippen LogP contribution in [0.15, 0.2) is 83.8 Å². The number of sulfonamides is 1. The molecule has 0 radical (unpaired) electrons. The van der Waals surface area contributed by atoms with Crippen molar-refractivity contribution in [1.82, 2.24) is 4.31 Å². The maximum absolute atomic E-state index is 13.1. The molecule has 4 rings (SSSR count). The lowest BCUT2D eigenvalue weighted by molar-refractivity contribution is -0.155. The molecule has 1 atom stereocenters. The molecule has 1 heterocycles. The topological polar surface area (TPSA) is 99.2 Å². The molecular formula is C33H39NO7S. The zero-order chi connectivity index (χ0) is 30.3. The van der Waals surface area contributed by atoms with Gasteiger partial charge >= 0.3 is 11.9 Å². The van der Waals surface area contributed by atoms with Crippen LogP contribution in [-0.4, -0.2) is 50.5 Å². The van der Waals surface area contributed by atoms with Crippen molar-refractivity contribution in [1.29, 1.82) is 0 Å². The summed E-state index contributed by atoms with van der Waals surface area (Å²) in [5.74, 6) is -0.388. The fraction of sp³-hybridized carbons (Fsp3) is 0.394. The second-order valence-corrected chi connectivity index (χ2v) is 13.4. The molecular weight excluding hydrogens is 554 g/mol. The minimum atomic E-state index is -3.66. The van der Waals surface area contributed by atoms with Crippen LogP contribution in [0.1, 0.15) is 62.6 Å². The Kier molecular flexibility index (Phi) is 10.1. The van der Waals surface area contributed by atoms with Crippen LogP contribution in [0.2, 0.25) is 0 Å². The number of piperidine rings is 1. The maximum Gasteiger partial charge on any atom is 0.308 e. The van der Waals surface area contributed by atoms with E-state index >= 15 is 0 Å². The van der Waals surface area contributed by atoms with Crippen molar-refractivity contribution >= 4 is 22.0 Å². The van der Waals surface area contributed by atoms with Gasteiger partial charge in [0.25, 0.3) is 0 Å². The molecule has 0 amide bonds. The van der Waals surface area contributed by atoms with Gasteiger partial charge in [0.2, 0.25) is 10.0 Å². The van der Waals surface area contributed by atoms with Gasteiger partial charge in [-0.3, -0.25) is 9.59 Å². The Labute approximate surface area is 248 Å². The van der Waals surface area contributed by atoms with E-state index < -0.39 is 15.6 Å². The summed E-state index contributed by atoms with van der Waals surface area (Å²) in [6, 6.07) is 24.2. The highest BCUT2D eigenvalue weighted by Crippen LogP contribution is 2.32. The largest absolute Gasteiger partial charge is 0.489 e. The molecule has 0 N–H and O–H groups in total. The van der Waals surface area contributed by atoms with Crippen LogP contribution in [0.25, 0.3) is 0 Å². The van der Waals surface area contributed by atoms with Gasteiger partial charge < -0.3 is 14.2 Å². The number of rotatable bonds is 10. The van der Waals surface area contributed by atoms with Crippen molar-refractivity contribution in [2.24, 2.45) is 5.92 Å². The smallest absolute Gasteiger partial charge is 0.308 e. The molecule has 0 unspecified atom stereocenters. The van der Waals surface area contributed by atoms with Crippen molar-refractivity contribution in [2.45, 2.75) is 63.1 Å². The van der Waals surface area contributed by atoms with Crippen LogP contribution in [0.5, 0.6) is 5.75 Å². The second-order valence-electron chi connectivity index (χ2n) is 11.5. The van der Waals surface area contributed by atoms with Crippen molar-refractivity contribution in [3.05, 3.63) is 95.6 Å². The fourth-order valence-corrected chi connectivity index (χ4v) is 6.53. The van der Waals surface area contributed by atoms with Crippen LogP contribution in [0, 0.1) is 5.92 Å². The quantitative estimate of drug-likeness (QED) is 0.278. The molecule has 42 heavy (non-hydrogen) atoms. The molecule has 0 aliphatic carbocycles. The highest BCUT2D eigenvalue weighted by molar-refractivity contribution is 7.89. The zero-order valence-corrected chi connectivity index (χ0v) is 25.4. The summed E-state index contributed by atoms with van der Waals surface area (Å²) in [6.45, 7) is 6.37. The van der Waals surface area contributed by atoms with Crippen LogP contribution in [0.3, 0.4) is 0 Å². The number of esters is 2. The van der Waals surface area contributed by atoms with Gasteiger partial charge in [-0.15, -0.1) is 0 Å². The lowest BCUT2D eigenvalue weighted by Gasteiger charge is -2.29. The third-order valence-electron chi connectivity index (χ3n) is 7.21. The Hall–Kier alpha value is -3.69. The summed E-state index contributed by atoms with van der Waals surface area (Å²) in [6.07, 6.45) is 1.08. The van der Waals surface area contributed by atoms with E-state index in [1.807, 2.05) is 75.4 Å². The molecule has 3 aromatic rings. The van der Waals surface area contributed by atoms with Gasteiger partial charge in [-0.1, -0.05) is 54.6 Å². The number of nitrogens with zero attached hydrogens (tertiary/aromatic N) is 1. The van der Waals surface area contributed by atoms with Crippen molar-refractivity contribution < 1.29 is 32.2 Å². The summed E-state index contributed by atoms with van der Waals surface area (Å²) in [4.78, 5) is 24.7. The van der Waals surface area contributed by atoms with Crippen molar-refractivity contribution in [3.63, 3.8) is 0 Å². The van der Waals surface area contributed by atoms with Crippen LogP contribution in [0.4, 0.5) is 0 Å². The van der Waals surface area contributed by atoms with Gasteiger partial charge in [-0.2, -0.15) is 4.31 Å². The number of carbonyl (C=O) groups is 2. The third kappa shape index (κ3) is 8.20. The van der Waals surface area contributed by atoms with E-state index in [1.165, 1.54) is 11.4 Å². The minimum absolute atomic E-state index is 0.195. The van der Waals surface area contributed by atoms with Gasteiger partial charge in [0.05, 0.1) is 24.3 Å². The average molecular weight is 594 g/mol. The van der Waals surface area contributed by atoms with Crippen LogP contribution in [-0.2, 0) is 35.7 Å². The molecule has 8 nitrogen and oxygen atoms in total. The van der Waals surface area contributed by atoms with Crippen LogP contribution < -0.4 is 4.74 Å². The lowest BCUT2D eigenvalue weighted by atomic mass is 9.88. The minimum Gasteiger partial charge on any atom is -0.489 e. The second kappa shape index (κ2) is 13.5. The van der Waals surface area contributed by atoms with Gasteiger partial charge in [0, 0.05) is 19.0 Å². The fourth-order valence-electron chi connectivity index (χ4n) is 5.06. The van der Waals surface area contributed by atoms with E-state index in [2.05, 4.69) is 0 Å². The maximum atomic E-state index is 13.1. The first-order chi connectivity index (χ1) is 20.0. The first-order valence-electron chi connectivity index (χ1n) is 14.1. The number of hydrogen-bond acceptors (Lipinski definition) is 7. The number of benzene rings is 3. The number of ether oxygens (including phenoxy) is 3. The predicted octanol–water partition coefficient (Wildman–Crippen LogP) is 5.70. The van der Waals surface area contributed by atoms with E-state index in [0.29, 0.717) is 18.6 Å². The Morgan fingerprint density at radius 1 is 0.905 bits per heavy atom. The molecule has 1 saturated heterocycles. The van der Waals surface area contributed by atoms with Crippen molar-refractivity contribution in [2.75, 3.05) is 20.2 Å². The molecule has 3 aromatic carbocycles. The summed E-state index contributed by atoms with van der Waals surface area (Å²) in [7, 11) is -2.31. The summed E-state index contributed by atoms with van der Waals surface area (Å²) in [5, 5.41) is 0. The Morgan fingerprint density at radius 3 is 2.17 bits per heavy atom. The molecule has 1 fully saturated rings. The normalized spacial score (nSPS) is 15.5. The Bertz CT molecular complexity index is 1460.